The number of carboxylic acid groups (broad SMARTS) is 2. The number of aliphatic hydroxyl groups is 1. The molecule has 5 saturated carbocycles. The Kier molecular flexibility index (Phi) is 5.48. The van der Waals surface area contributed by atoms with Gasteiger partial charge < -0.3 is 15.3 Å². The van der Waals surface area contributed by atoms with E-state index in [1.165, 1.54) is 0 Å². The highest BCUT2D eigenvalue weighted by atomic mass is 16.4. The fourth-order valence-corrected chi connectivity index (χ4v) is 12.0. The van der Waals surface area contributed by atoms with Crippen molar-refractivity contribution in [3.05, 3.63) is 12.2 Å². The van der Waals surface area contributed by atoms with Gasteiger partial charge >= 0.3 is 11.9 Å². The Morgan fingerprint density at radius 2 is 1.57 bits per heavy atom. The Morgan fingerprint density at radius 3 is 2.14 bits per heavy atom. The van der Waals surface area contributed by atoms with Gasteiger partial charge in [-0.05, 0) is 116 Å². The third kappa shape index (κ3) is 2.80. The summed E-state index contributed by atoms with van der Waals surface area (Å²) in [5.41, 5.74) is -1.09. The van der Waals surface area contributed by atoms with Crippen LogP contribution in [0.1, 0.15) is 92.4 Å². The smallest absolute Gasteiger partial charge is 0.310 e. The van der Waals surface area contributed by atoms with Crippen LogP contribution < -0.4 is 0 Å². The van der Waals surface area contributed by atoms with Crippen LogP contribution in [0, 0.1) is 62.6 Å². The first kappa shape index (κ1) is 25.3. The van der Waals surface area contributed by atoms with Crippen molar-refractivity contribution in [2.45, 2.75) is 92.4 Å². The Bertz CT molecular complexity index is 954. The maximum absolute atomic E-state index is 13.6. The number of allylic oxidation sites excluding steroid dienone is 1. The van der Waals surface area contributed by atoms with E-state index in [1.54, 1.807) is 0 Å². The second-order valence-corrected chi connectivity index (χ2v) is 14.4. The lowest BCUT2D eigenvalue weighted by atomic mass is 9.33. The normalized spacial score (nSPS) is 52.1. The fraction of sp³-hybridized carbons (Fsp3) is 0.867. The van der Waals surface area contributed by atoms with Crippen LogP contribution in [0.2, 0.25) is 0 Å². The number of hydrogen-bond donors (Lipinski definition) is 3. The highest BCUT2D eigenvalue weighted by Crippen LogP contribution is 2.79. The van der Waals surface area contributed by atoms with E-state index in [9.17, 15) is 24.9 Å². The summed E-state index contributed by atoms with van der Waals surface area (Å²) < 4.78 is 0. The van der Waals surface area contributed by atoms with Crippen LogP contribution in [0.25, 0.3) is 0 Å². The van der Waals surface area contributed by atoms with Crippen LogP contribution in [0.3, 0.4) is 0 Å². The van der Waals surface area contributed by atoms with Crippen LogP contribution in [0.5, 0.6) is 0 Å². The van der Waals surface area contributed by atoms with Crippen molar-refractivity contribution in [3.63, 3.8) is 0 Å². The minimum absolute atomic E-state index is 0.0813. The minimum atomic E-state index is -0.918. The van der Waals surface area contributed by atoms with E-state index in [4.69, 9.17) is 0 Å². The van der Waals surface area contributed by atoms with E-state index in [1.807, 2.05) is 6.92 Å². The van der Waals surface area contributed by atoms with E-state index >= 15 is 0 Å². The van der Waals surface area contributed by atoms with Crippen molar-refractivity contribution < 1.29 is 24.9 Å². The van der Waals surface area contributed by atoms with Crippen molar-refractivity contribution in [2.24, 2.45) is 62.6 Å². The minimum Gasteiger partial charge on any atom is -0.481 e. The van der Waals surface area contributed by atoms with E-state index in [-0.39, 0.29) is 47.0 Å². The standard InChI is InChI=1S/C30H46O5/c1-17(2)19-9-12-29(24(32)33)13-14-30(25(34)35)20(23(19)29)7-8-22-27(30,5)11-10-21-26(3,4)15-18(16-31)28(21,22)6/h18-23,31H,1,7-16H2,2-6H3,(H,32,33)(H,34,35)/t18-,19-,20+,21-,22-,23+,27+,28-,29-,30+/m0/s1. The number of carboxylic acids is 2. The number of fused-ring (bicyclic) bond motifs is 7. The molecule has 0 aromatic rings. The summed E-state index contributed by atoms with van der Waals surface area (Å²) in [5.74, 6) is -0.765. The molecule has 10 atom stereocenters. The molecular formula is C30H46O5. The average Bonchev–Trinajstić information content (AvgIpc) is 3.27. The zero-order valence-electron chi connectivity index (χ0n) is 22.4. The largest absolute Gasteiger partial charge is 0.481 e. The number of hydrogen-bond acceptors (Lipinski definition) is 3. The molecule has 0 heterocycles. The number of aliphatic carboxylic acids is 2. The van der Waals surface area contributed by atoms with Gasteiger partial charge in [-0.1, -0.05) is 39.8 Å². The number of aliphatic hydroxyl groups excluding tert-OH is 1. The van der Waals surface area contributed by atoms with Gasteiger partial charge in [-0.2, -0.15) is 0 Å². The zero-order valence-corrected chi connectivity index (χ0v) is 22.4. The predicted molar refractivity (Wildman–Crippen MR) is 135 cm³/mol. The van der Waals surface area contributed by atoms with E-state index in [0.29, 0.717) is 25.2 Å². The molecule has 196 valence electrons. The quantitative estimate of drug-likeness (QED) is 0.423. The summed E-state index contributed by atoms with van der Waals surface area (Å²) in [5, 5.41) is 32.1. The van der Waals surface area contributed by atoms with Crippen molar-refractivity contribution in [2.75, 3.05) is 6.61 Å². The van der Waals surface area contributed by atoms with E-state index < -0.39 is 28.2 Å². The fourth-order valence-electron chi connectivity index (χ4n) is 12.0. The molecule has 0 unspecified atom stereocenters. The molecule has 3 N–H and O–H groups in total. The van der Waals surface area contributed by atoms with Crippen molar-refractivity contribution >= 4 is 11.9 Å². The van der Waals surface area contributed by atoms with Crippen LogP contribution >= 0.6 is 0 Å². The van der Waals surface area contributed by atoms with Gasteiger partial charge in [-0.3, -0.25) is 9.59 Å². The average molecular weight is 487 g/mol. The number of rotatable bonds is 4. The van der Waals surface area contributed by atoms with Gasteiger partial charge in [0.05, 0.1) is 10.8 Å². The molecule has 5 fully saturated rings. The molecule has 5 aliphatic rings. The van der Waals surface area contributed by atoms with Crippen molar-refractivity contribution in [1.29, 1.82) is 0 Å². The molecule has 5 rings (SSSR count). The SMILES string of the molecule is C=C(C)[C@@H]1CC[C@]2(C(=O)O)CC[C@]3(C(=O)O)[C@H](CC[C@@H]4[C@@]5(C)[C@H](CO)CC(C)(C)[C@@H]5CC[C@]43C)[C@@H]12. The van der Waals surface area contributed by atoms with Crippen LogP contribution in [-0.2, 0) is 9.59 Å². The highest BCUT2D eigenvalue weighted by Gasteiger charge is 2.76. The maximum atomic E-state index is 13.6. The highest BCUT2D eigenvalue weighted by molar-refractivity contribution is 5.80. The van der Waals surface area contributed by atoms with Gasteiger partial charge in [0, 0.05) is 6.61 Å². The number of carbonyl (C=O) groups is 2. The molecule has 0 aromatic heterocycles. The van der Waals surface area contributed by atoms with Crippen molar-refractivity contribution in [3.8, 4) is 0 Å². The Labute approximate surface area is 210 Å². The maximum Gasteiger partial charge on any atom is 0.310 e. The van der Waals surface area contributed by atoms with Crippen LogP contribution in [-0.4, -0.2) is 33.9 Å². The summed E-state index contributed by atoms with van der Waals surface area (Å²) in [6.07, 6.45) is 6.93. The van der Waals surface area contributed by atoms with Gasteiger partial charge in [0.2, 0.25) is 0 Å². The van der Waals surface area contributed by atoms with E-state index in [2.05, 4.69) is 34.3 Å². The Morgan fingerprint density at radius 1 is 0.886 bits per heavy atom. The van der Waals surface area contributed by atoms with Crippen LogP contribution in [0.15, 0.2) is 12.2 Å². The van der Waals surface area contributed by atoms with Gasteiger partial charge in [0.25, 0.3) is 0 Å². The van der Waals surface area contributed by atoms with Gasteiger partial charge in [-0.15, -0.1) is 0 Å². The van der Waals surface area contributed by atoms with Gasteiger partial charge in [0.15, 0.2) is 0 Å². The molecule has 0 spiro atoms. The molecule has 0 bridgehead atoms. The summed E-state index contributed by atoms with van der Waals surface area (Å²) >= 11 is 0. The van der Waals surface area contributed by atoms with Crippen molar-refractivity contribution in [1.82, 2.24) is 0 Å². The van der Waals surface area contributed by atoms with E-state index in [0.717, 1.165) is 44.1 Å². The molecule has 0 aromatic carbocycles. The zero-order chi connectivity index (χ0) is 25.8. The molecule has 5 aliphatic carbocycles. The first-order valence-corrected chi connectivity index (χ1v) is 14.0. The topological polar surface area (TPSA) is 94.8 Å². The molecule has 5 nitrogen and oxygen atoms in total. The molecular weight excluding hydrogens is 440 g/mol. The predicted octanol–water partition coefficient (Wildman–Crippen LogP) is 6.01. The molecule has 35 heavy (non-hydrogen) atoms. The summed E-state index contributed by atoms with van der Waals surface area (Å²) in [6.45, 7) is 15.7. The lowest BCUT2D eigenvalue weighted by Crippen LogP contribution is -2.68. The summed E-state index contributed by atoms with van der Waals surface area (Å²) in [6, 6.07) is 0. The second kappa shape index (κ2) is 7.58. The van der Waals surface area contributed by atoms with Crippen LogP contribution in [0.4, 0.5) is 0 Å². The first-order valence-electron chi connectivity index (χ1n) is 14.0. The molecule has 0 amide bonds. The van der Waals surface area contributed by atoms with Gasteiger partial charge in [-0.25, -0.2) is 0 Å². The second-order valence-electron chi connectivity index (χ2n) is 14.4. The lowest BCUT2D eigenvalue weighted by molar-refractivity contribution is -0.240. The lowest BCUT2D eigenvalue weighted by Gasteiger charge is -2.69. The summed E-state index contributed by atoms with van der Waals surface area (Å²) in [4.78, 5) is 26.4. The third-order valence-electron chi connectivity index (χ3n) is 13.3. The monoisotopic (exact) mass is 486 g/mol. The molecule has 0 saturated heterocycles. The molecule has 5 heteroatoms. The third-order valence-corrected chi connectivity index (χ3v) is 13.3. The summed E-state index contributed by atoms with van der Waals surface area (Å²) in [7, 11) is 0. The first-order chi connectivity index (χ1) is 16.2. The molecule has 0 aliphatic heterocycles. The Balaban J connectivity index is 1.66. The Hall–Kier alpha value is -1.36. The van der Waals surface area contributed by atoms with Gasteiger partial charge in [0.1, 0.15) is 0 Å². The molecule has 0 radical (unpaired) electrons.